The average Bonchev–Trinajstić information content (AvgIpc) is 3.65. The first-order valence-corrected chi connectivity index (χ1v) is 12.6. The number of H-pyrrole nitrogens is 1. The van der Waals surface area contributed by atoms with Gasteiger partial charge in [-0.2, -0.15) is 10.1 Å². The summed E-state index contributed by atoms with van der Waals surface area (Å²) in [6.07, 6.45) is 4.78. The van der Waals surface area contributed by atoms with Crippen molar-refractivity contribution in [3.05, 3.63) is 83.8 Å². The molecule has 7 rings (SSSR count). The predicted molar refractivity (Wildman–Crippen MR) is 143 cm³/mol. The Bertz CT molecular complexity index is 1660. The van der Waals surface area contributed by atoms with Crippen LogP contribution >= 0.6 is 0 Å². The van der Waals surface area contributed by atoms with Gasteiger partial charge in [-0.15, -0.1) is 10.2 Å². The number of anilines is 1. The van der Waals surface area contributed by atoms with Gasteiger partial charge in [0.05, 0.1) is 12.5 Å². The first-order valence-electron chi connectivity index (χ1n) is 12.6. The van der Waals surface area contributed by atoms with Crippen LogP contribution in [-0.4, -0.2) is 50.0 Å². The summed E-state index contributed by atoms with van der Waals surface area (Å²) in [6.45, 7) is 6.05. The van der Waals surface area contributed by atoms with Crippen molar-refractivity contribution < 1.29 is 4.74 Å². The third-order valence-electron chi connectivity index (χ3n) is 8.30. The van der Waals surface area contributed by atoms with E-state index in [-0.39, 0.29) is 11.5 Å². The molecule has 2 aliphatic rings. The van der Waals surface area contributed by atoms with E-state index >= 15 is 0 Å². The number of hydrogen-bond acceptors (Lipinski definition) is 7. The molecule has 0 unspecified atom stereocenters. The molecule has 5 aromatic rings. The SMILES string of the molecule is C=C(c1ccccc1OC)c1n[nH]c2nc(N3CCC4(CC3)Cc3ccccc3[C@H]4N)n3cnnc3c12. The van der Waals surface area contributed by atoms with E-state index in [0.29, 0.717) is 17.0 Å². The third kappa shape index (κ3) is 3.20. The van der Waals surface area contributed by atoms with Crippen LogP contribution in [0.15, 0.2) is 61.4 Å². The minimum Gasteiger partial charge on any atom is -0.496 e. The maximum Gasteiger partial charge on any atom is 0.214 e. The summed E-state index contributed by atoms with van der Waals surface area (Å²) in [5, 5.41) is 17.2. The number of methoxy groups -OCH3 is 1. The fraction of sp³-hybridized carbons (Fsp3) is 0.286. The molecule has 2 aromatic carbocycles. The van der Waals surface area contributed by atoms with E-state index in [0.717, 1.165) is 60.6 Å². The predicted octanol–water partition coefficient (Wildman–Crippen LogP) is 3.91. The van der Waals surface area contributed by atoms with Crippen molar-refractivity contribution in [3.63, 3.8) is 0 Å². The van der Waals surface area contributed by atoms with Gasteiger partial charge in [-0.05, 0) is 41.9 Å². The average molecular weight is 493 g/mol. The fourth-order valence-corrected chi connectivity index (χ4v) is 6.25. The Morgan fingerprint density at radius 1 is 1.14 bits per heavy atom. The van der Waals surface area contributed by atoms with Crippen LogP contribution < -0.4 is 15.4 Å². The molecular formula is C28H28N8O. The largest absolute Gasteiger partial charge is 0.496 e. The van der Waals surface area contributed by atoms with Crippen LogP contribution in [0, 0.1) is 5.41 Å². The second kappa shape index (κ2) is 8.14. The lowest BCUT2D eigenvalue weighted by atomic mass is 9.73. The first kappa shape index (κ1) is 22.0. The van der Waals surface area contributed by atoms with Gasteiger partial charge >= 0.3 is 0 Å². The summed E-state index contributed by atoms with van der Waals surface area (Å²) in [5.41, 5.74) is 13.2. The van der Waals surface area contributed by atoms with Crippen molar-refractivity contribution in [3.8, 4) is 5.75 Å². The lowest BCUT2D eigenvalue weighted by Crippen LogP contribution is -2.45. The molecule has 1 fully saturated rings. The number of benzene rings is 2. The van der Waals surface area contributed by atoms with Gasteiger partial charge in [0.1, 0.15) is 17.8 Å². The highest BCUT2D eigenvalue weighted by Crippen LogP contribution is 2.51. The molecule has 3 aromatic heterocycles. The molecule has 186 valence electrons. The summed E-state index contributed by atoms with van der Waals surface area (Å²) in [6, 6.07) is 16.5. The number of piperidine rings is 1. The summed E-state index contributed by atoms with van der Waals surface area (Å²) < 4.78 is 7.51. The minimum absolute atomic E-state index is 0.0763. The summed E-state index contributed by atoms with van der Waals surface area (Å²) in [4.78, 5) is 7.31. The van der Waals surface area contributed by atoms with E-state index < -0.39 is 0 Å². The normalized spacial score (nSPS) is 18.5. The van der Waals surface area contributed by atoms with Crippen LogP contribution in [-0.2, 0) is 6.42 Å². The van der Waals surface area contributed by atoms with E-state index in [1.54, 1.807) is 13.4 Å². The summed E-state index contributed by atoms with van der Waals surface area (Å²) >= 11 is 0. The number of rotatable bonds is 4. The maximum absolute atomic E-state index is 6.80. The van der Waals surface area contributed by atoms with E-state index in [2.05, 4.69) is 56.1 Å². The Balaban J connectivity index is 1.23. The van der Waals surface area contributed by atoms with Crippen LogP contribution in [0.3, 0.4) is 0 Å². The zero-order valence-electron chi connectivity index (χ0n) is 20.7. The van der Waals surface area contributed by atoms with Crippen LogP contribution in [0.2, 0.25) is 0 Å². The highest BCUT2D eigenvalue weighted by atomic mass is 16.5. The maximum atomic E-state index is 6.80. The van der Waals surface area contributed by atoms with Gasteiger partial charge in [0.15, 0.2) is 11.3 Å². The molecule has 9 heteroatoms. The zero-order valence-corrected chi connectivity index (χ0v) is 20.7. The molecule has 3 N–H and O–H groups in total. The van der Waals surface area contributed by atoms with E-state index in [4.69, 9.17) is 15.5 Å². The van der Waals surface area contributed by atoms with E-state index in [1.807, 2.05) is 28.7 Å². The number of hydrogen-bond donors (Lipinski definition) is 2. The number of aromatic nitrogens is 6. The standard InChI is InChI=1S/C28H28N8O/c1-17(19-8-5-6-10-21(19)37-2)23-22-25(33-32-23)31-27(36-16-30-34-26(22)36)35-13-11-28(12-14-35)15-18-7-3-4-9-20(18)24(28)29/h3-10,16,24H,1,11-15,29H2,2H3,(H,32,33)/t24-/m1/s1. The lowest BCUT2D eigenvalue weighted by Gasteiger charge is -2.42. The molecule has 0 saturated carbocycles. The molecular weight excluding hydrogens is 464 g/mol. The number of fused-ring (bicyclic) bond motifs is 4. The molecule has 0 amide bonds. The summed E-state index contributed by atoms with van der Waals surface area (Å²) in [5.74, 6) is 1.55. The Kier molecular flexibility index (Phi) is 4.84. The molecule has 1 aliphatic heterocycles. The number of para-hydroxylation sites is 1. The van der Waals surface area contributed by atoms with Crippen LogP contribution in [0.4, 0.5) is 5.95 Å². The van der Waals surface area contributed by atoms with Gasteiger partial charge in [-0.3, -0.25) is 9.50 Å². The smallest absolute Gasteiger partial charge is 0.214 e. The van der Waals surface area contributed by atoms with E-state index in [1.165, 1.54) is 11.1 Å². The Morgan fingerprint density at radius 3 is 2.73 bits per heavy atom. The van der Waals surface area contributed by atoms with Crippen LogP contribution in [0.5, 0.6) is 5.75 Å². The molecule has 1 spiro atoms. The van der Waals surface area contributed by atoms with Crippen molar-refractivity contribution in [2.75, 3.05) is 25.1 Å². The van der Waals surface area contributed by atoms with Crippen molar-refractivity contribution in [2.24, 2.45) is 11.1 Å². The Hall–Kier alpha value is -4.24. The number of nitrogens with two attached hydrogens (primary N) is 1. The number of nitrogens with zero attached hydrogens (tertiary/aromatic N) is 6. The monoisotopic (exact) mass is 492 g/mol. The second-order valence-corrected chi connectivity index (χ2v) is 10.1. The van der Waals surface area contributed by atoms with Gasteiger partial charge in [0, 0.05) is 30.3 Å². The molecule has 37 heavy (non-hydrogen) atoms. The topological polar surface area (TPSA) is 110 Å². The fourth-order valence-electron chi connectivity index (χ4n) is 6.25. The Labute approximate surface area is 214 Å². The number of ether oxygens (including phenoxy) is 1. The van der Waals surface area contributed by atoms with Crippen molar-refractivity contribution >= 4 is 28.2 Å². The van der Waals surface area contributed by atoms with Crippen LogP contribution in [0.1, 0.15) is 41.3 Å². The molecule has 4 heterocycles. The molecule has 1 saturated heterocycles. The molecule has 1 atom stereocenters. The van der Waals surface area contributed by atoms with Gasteiger partial charge in [0.25, 0.3) is 0 Å². The first-order chi connectivity index (χ1) is 18.1. The minimum atomic E-state index is 0.0763. The van der Waals surface area contributed by atoms with E-state index in [9.17, 15) is 0 Å². The molecule has 0 radical (unpaired) electrons. The van der Waals surface area contributed by atoms with Crippen molar-refractivity contribution in [1.29, 1.82) is 0 Å². The third-order valence-corrected chi connectivity index (χ3v) is 8.30. The quantitative estimate of drug-likeness (QED) is 0.391. The molecule has 0 bridgehead atoms. The Morgan fingerprint density at radius 2 is 1.92 bits per heavy atom. The van der Waals surface area contributed by atoms with Gasteiger partial charge < -0.3 is 15.4 Å². The molecule has 1 aliphatic carbocycles. The lowest BCUT2D eigenvalue weighted by molar-refractivity contribution is 0.187. The highest BCUT2D eigenvalue weighted by Gasteiger charge is 2.46. The van der Waals surface area contributed by atoms with Crippen LogP contribution in [0.25, 0.3) is 22.3 Å². The second-order valence-electron chi connectivity index (χ2n) is 10.1. The van der Waals surface area contributed by atoms with Crippen molar-refractivity contribution in [1.82, 2.24) is 29.8 Å². The zero-order chi connectivity index (χ0) is 25.1. The van der Waals surface area contributed by atoms with Gasteiger partial charge in [0.2, 0.25) is 5.95 Å². The van der Waals surface area contributed by atoms with Crippen molar-refractivity contribution in [2.45, 2.75) is 25.3 Å². The molecule has 9 nitrogen and oxygen atoms in total. The number of nitrogens with one attached hydrogen (secondary N) is 1. The summed E-state index contributed by atoms with van der Waals surface area (Å²) in [7, 11) is 1.65. The number of aromatic amines is 1. The highest BCUT2D eigenvalue weighted by molar-refractivity contribution is 6.01. The van der Waals surface area contributed by atoms with Gasteiger partial charge in [-0.1, -0.05) is 49.0 Å². The van der Waals surface area contributed by atoms with Gasteiger partial charge in [-0.25, -0.2) is 0 Å².